The average molecular weight is 331 g/mol. The highest BCUT2D eigenvalue weighted by atomic mass is 15.1. The van der Waals surface area contributed by atoms with Crippen LogP contribution in [0.5, 0.6) is 0 Å². The zero-order valence-corrected chi connectivity index (χ0v) is 15.0. The summed E-state index contributed by atoms with van der Waals surface area (Å²) in [5, 5.41) is 6.95. The Bertz CT molecular complexity index is 809. The van der Waals surface area contributed by atoms with Crippen molar-refractivity contribution < 1.29 is 0 Å². The van der Waals surface area contributed by atoms with Crippen LogP contribution >= 0.6 is 0 Å². The van der Waals surface area contributed by atoms with Gasteiger partial charge in [-0.05, 0) is 56.6 Å². The molecule has 1 saturated heterocycles. The van der Waals surface area contributed by atoms with Crippen LogP contribution in [0.25, 0.3) is 11.1 Å². The number of nitrogens with one attached hydrogen (secondary N) is 1. The van der Waals surface area contributed by atoms with Crippen molar-refractivity contribution >= 4 is 0 Å². The Balaban J connectivity index is 1.74. The lowest BCUT2D eigenvalue weighted by Gasteiger charge is -2.42. The molecule has 3 nitrogen and oxygen atoms in total. The molecule has 0 aliphatic carbocycles. The molecule has 2 heterocycles. The van der Waals surface area contributed by atoms with Gasteiger partial charge in [-0.1, -0.05) is 54.1 Å². The van der Waals surface area contributed by atoms with E-state index >= 15 is 0 Å². The van der Waals surface area contributed by atoms with E-state index in [-0.39, 0.29) is 5.41 Å². The standard InChI is InChI=1S/C22H25N3/c1-17-3-7-20(8-4-17)22(11-13-25(2)14-12-22)21-9-5-18(6-10-21)19-15-23-24-16-19/h3-10,15-16H,11-14H2,1-2H3,(H,23,24). The minimum absolute atomic E-state index is 0.120. The van der Waals surface area contributed by atoms with Gasteiger partial charge in [-0.25, -0.2) is 0 Å². The first-order chi connectivity index (χ1) is 12.2. The van der Waals surface area contributed by atoms with Gasteiger partial charge in [0.25, 0.3) is 0 Å². The van der Waals surface area contributed by atoms with Crippen LogP contribution in [0.2, 0.25) is 0 Å². The molecule has 1 aliphatic heterocycles. The number of likely N-dealkylation sites (tertiary alicyclic amines) is 1. The normalized spacial score (nSPS) is 17.5. The fourth-order valence-corrected chi connectivity index (χ4v) is 4.01. The van der Waals surface area contributed by atoms with Gasteiger partial charge in [0.1, 0.15) is 0 Å². The molecule has 0 unspecified atom stereocenters. The van der Waals surface area contributed by atoms with Crippen molar-refractivity contribution in [3.8, 4) is 11.1 Å². The molecular weight excluding hydrogens is 306 g/mol. The zero-order chi connectivity index (χ0) is 17.3. The fourth-order valence-electron chi connectivity index (χ4n) is 4.01. The van der Waals surface area contributed by atoms with Crippen LogP contribution in [0.3, 0.4) is 0 Å². The second kappa shape index (κ2) is 6.49. The summed E-state index contributed by atoms with van der Waals surface area (Å²) in [6.07, 6.45) is 6.15. The van der Waals surface area contributed by atoms with Crippen molar-refractivity contribution in [1.29, 1.82) is 0 Å². The summed E-state index contributed by atoms with van der Waals surface area (Å²) in [7, 11) is 2.22. The maximum atomic E-state index is 4.06. The van der Waals surface area contributed by atoms with Gasteiger partial charge in [-0.3, -0.25) is 5.10 Å². The highest BCUT2D eigenvalue weighted by molar-refractivity contribution is 5.62. The molecule has 0 radical (unpaired) electrons. The van der Waals surface area contributed by atoms with Gasteiger partial charge in [0.2, 0.25) is 0 Å². The number of aromatic nitrogens is 2. The van der Waals surface area contributed by atoms with Gasteiger partial charge >= 0.3 is 0 Å². The van der Waals surface area contributed by atoms with E-state index in [1.54, 1.807) is 0 Å². The molecule has 3 aromatic rings. The third-order valence-corrected chi connectivity index (χ3v) is 5.71. The molecule has 0 amide bonds. The molecule has 0 spiro atoms. The topological polar surface area (TPSA) is 31.9 Å². The van der Waals surface area contributed by atoms with Crippen LogP contribution in [0.1, 0.15) is 29.5 Å². The number of hydrogen-bond acceptors (Lipinski definition) is 2. The van der Waals surface area contributed by atoms with Crippen LogP contribution in [-0.2, 0) is 5.41 Å². The van der Waals surface area contributed by atoms with E-state index in [1.807, 2.05) is 12.4 Å². The first kappa shape index (κ1) is 16.1. The lowest BCUT2D eigenvalue weighted by atomic mass is 9.68. The second-order valence-electron chi connectivity index (χ2n) is 7.32. The average Bonchev–Trinajstić information content (AvgIpc) is 3.18. The third-order valence-electron chi connectivity index (χ3n) is 5.71. The summed E-state index contributed by atoms with van der Waals surface area (Å²) in [5.41, 5.74) is 6.67. The van der Waals surface area contributed by atoms with E-state index in [9.17, 15) is 0 Å². The predicted molar refractivity (Wildman–Crippen MR) is 103 cm³/mol. The van der Waals surface area contributed by atoms with E-state index in [1.165, 1.54) is 22.3 Å². The smallest absolute Gasteiger partial charge is 0.0565 e. The number of rotatable bonds is 3. The number of H-pyrrole nitrogens is 1. The van der Waals surface area contributed by atoms with Crippen molar-refractivity contribution in [2.24, 2.45) is 0 Å². The lowest BCUT2D eigenvalue weighted by Crippen LogP contribution is -2.41. The Morgan fingerprint density at radius 2 is 1.48 bits per heavy atom. The van der Waals surface area contributed by atoms with Crippen LogP contribution in [0.15, 0.2) is 60.9 Å². The number of benzene rings is 2. The SMILES string of the molecule is Cc1ccc(C2(c3ccc(-c4cn[nH]c4)cc3)CCN(C)CC2)cc1. The third kappa shape index (κ3) is 3.00. The Hall–Kier alpha value is -2.39. The Kier molecular flexibility index (Phi) is 4.18. The Morgan fingerprint density at radius 3 is 2.04 bits per heavy atom. The number of aryl methyl sites for hydroxylation is 1. The summed E-state index contributed by atoms with van der Waals surface area (Å²) >= 11 is 0. The monoisotopic (exact) mass is 331 g/mol. The quantitative estimate of drug-likeness (QED) is 0.771. The van der Waals surface area contributed by atoms with Gasteiger partial charge in [0, 0.05) is 17.2 Å². The van der Waals surface area contributed by atoms with E-state index in [0.717, 1.165) is 31.5 Å². The van der Waals surface area contributed by atoms with Gasteiger partial charge in [0.05, 0.1) is 6.20 Å². The summed E-state index contributed by atoms with van der Waals surface area (Å²) in [6, 6.07) is 18.2. The number of aromatic amines is 1. The van der Waals surface area contributed by atoms with Crippen LogP contribution in [0, 0.1) is 6.92 Å². The van der Waals surface area contributed by atoms with E-state index in [0.29, 0.717) is 0 Å². The molecule has 2 aromatic carbocycles. The van der Waals surface area contributed by atoms with Crippen LogP contribution < -0.4 is 0 Å². The highest BCUT2D eigenvalue weighted by Gasteiger charge is 2.36. The molecule has 0 saturated carbocycles. The molecular formula is C22H25N3. The molecule has 128 valence electrons. The summed E-state index contributed by atoms with van der Waals surface area (Å²) < 4.78 is 0. The number of piperidine rings is 1. The fraction of sp³-hybridized carbons (Fsp3) is 0.318. The van der Waals surface area contributed by atoms with Gasteiger partial charge in [-0.15, -0.1) is 0 Å². The summed E-state index contributed by atoms with van der Waals surface area (Å²) in [6.45, 7) is 4.43. The first-order valence-corrected chi connectivity index (χ1v) is 9.03. The molecule has 0 atom stereocenters. The van der Waals surface area contributed by atoms with Crippen LogP contribution in [-0.4, -0.2) is 35.2 Å². The van der Waals surface area contributed by atoms with E-state index < -0.39 is 0 Å². The molecule has 0 bridgehead atoms. The zero-order valence-electron chi connectivity index (χ0n) is 15.0. The first-order valence-electron chi connectivity index (χ1n) is 9.03. The molecule has 1 aliphatic rings. The summed E-state index contributed by atoms with van der Waals surface area (Å²) in [4.78, 5) is 2.44. The maximum Gasteiger partial charge on any atom is 0.0565 e. The molecule has 3 heteroatoms. The molecule has 1 N–H and O–H groups in total. The van der Waals surface area contributed by atoms with Crippen molar-refractivity contribution in [1.82, 2.24) is 15.1 Å². The van der Waals surface area contributed by atoms with Crippen molar-refractivity contribution in [3.63, 3.8) is 0 Å². The molecule has 1 fully saturated rings. The minimum Gasteiger partial charge on any atom is -0.306 e. The maximum absolute atomic E-state index is 4.06. The highest BCUT2D eigenvalue weighted by Crippen LogP contribution is 2.42. The number of nitrogens with zero attached hydrogens (tertiary/aromatic N) is 2. The Labute approximate surface area is 149 Å². The van der Waals surface area contributed by atoms with E-state index in [4.69, 9.17) is 0 Å². The minimum atomic E-state index is 0.120. The van der Waals surface area contributed by atoms with Crippen molar-refractivity contribution in [3.05, 3.63) is 77.6 Å². The molecule has 4 rings (SSSR count). The largest absolute Gasteiger partial charge is 0.306 e. The van der Waals surface area contributed by atoms with Crippen LogP contribution in [0.4, 0.5) is 0 Å². The van der Waals surface area contributed by atoms with Crippen molar-refractivity contribution in [2.75, 3.05) is 20.1 Å². The van der Waals surface area contributed by atoms with Gasteiger partial charge in [-0.2, -0.15) is 5.10 Å². The van der Waals surface area contributed by atoms with Crippen molar-refractivity contribution in [2.45, 2.75) is 25.2 Å². The predicted octanol–water partition coefficient (Wildman–Crippen LogP) is 4.40. The van der Waals surface area contributed by atoms with Gasteiger partial charge < -0.3 is 4.90 Å². The molecule has 25 heavy (non-hydrogen) atoms. The second-order valence-corrected chi connectivity index (χ2v) is 7.32. The van der Waals surface area contributed by atoms with Gasteiger partial charge in [0.15, 0.2) is 0 Å². The lowest BCUT2D eigenvalue weighted by molar-refractivity contribution is 0.213. The Morgan fingerprint density at radius 1 is 0.880 bits per heavy atom. The summed E-state index contributed by atoms with van der Waals surface area (Å²) in [5.74, 6) is 0. The number of hydrogen-bond donors (Lipinski definition) is 1. The molecule has 1 aromatic heterocycles. The van der Waals surface area contributed by atoms with E-state index in [2.05, 4.69) is 77.6 Å².